The molecule has 1 fully saturated rings. The lowest BCUT2D eigenvalue weighted by molar-refractivity contribution is -0.128. The van der Waals surface area contributed by atoms with Crippen molar-refractivity contribution in [3.8, 4) is 0 Å². The second-order valence-electron chi connectivity index (χ2n) is 7.43. The monoisotopic (exact) mass is 432 g/mol. The van der Waals surface area contributed by atoms with Crippen LogP contribution in [-0.4, -0.2) is 34.2 Å². The highest BCUT2D eigenvalue weighted by Gasteiger charge is 2.20. The minimum Gasteiger partial charge on any atom is -0.338 e. The first-order valence-electron chi connectivity index (χ1n) is 10.2. The Morgan fingerprint density at radius 1 is 0.969 bits per heavy atom. The van der Waals surface area contributed by atoms with Crippen LogP contribution in [0, 0.1) is 5.82 Å². The maximum Gasteiger partial charge on any atom is 0.274 e. The van der Waals surface area contributed by atoms with Crippen LogP contribution in [0.5, 0.6) is 0 Å². The molecule has 4 rings (SSSR count). The number of nitrogens with one attached hydrogen (secondary N) is 2. The number of aromatic nitrogens is 1. The number of amides is 3. The molecule has 8 heteroatoms. The number of halogens is 1. The number of nitrogens with zero attached hydrogens (tertiary/aromatic N) is 2. The normalized spacial score (nSPS) is 13.2. The Hall–Kier alpha value is -4.07. The van der Waals surface area contributed by atoms with Crippen LogP contribution in [0.4, 0.5) is 15.8 Å². The van der Waals surface area contributed by atoms with Gasteiger partial charge in [0.25, 0.3) is 11.8 Å². The van der Waals surface area contributed by atoms with Gasteiger partial charge in [0.1, 0.15) is 11.5 Å². The molecule has 1 aliphatic rings. The highest BCUT2D eigenvalue weighted by atomic mass is 19.1. The predicted molar refractivity (Wildman–Crippen MR) is 118 cm³/mol. The summed E-state index contributed by atoms with van der Waals surface area (Å²) >= 11 is 0. The number of benzene rings is 2. The summed E-state index contributed by atoms with van der Waals surface area (Å²) in [4.78, 5) is 42.9. The zero-order valence-corrected chi connectivity index (χ0v) is 17.2. The standard InChI is InChI=1S/C24H21FN4O3/c25-18-9-10-19(27-24(32)20-7-1-2-11-26-20)21(14-18)28-23(31)17-6-3-5-16(13-17)15-29-12-4-8-22(29)30/h1-3,5-7,9-11,13-14H,4,8,12,15H2,(H,27,32)(H,28,31). The molecule has 2 heterocycles. The fourth-order valence-corrected chi connectivity index (χ4v) is 3.51. The van der Waals surface area contributed by atoms with E-state index in [1.54, 1.807) is 41.3 Å². The molecule has 0 radical (unpaired) electrons. The molecule has 3 aromatic rings. The molecule has 2 N–H and O–H groups in total. The van der Waals surface area contributed by atoms with Gasteiger partial charge in [0.15, 0.2) is 0 Å². The van der Waals surface area contributed by atoms with Crippen LogP contribution >= 0.6 is 0 Å². The van der Waals surface area contributed by atoms with Gasteiger partial charge >= 0.3 is 0 Å². The van der Waals surface area contributed by atoms with Gasteiger partial charge in [0.05, 0.1) is 11.4 Å². The first-order chi connectivity index (χ1) is 15.5. The van der Waals surface area contributed by atoms with E-state index in [4.69, 9.17) is 0 Å². The van der Waals surface area contributed by atoms with Crippen LogP contribution in [0.25, 0.3) is 0 Å². The van der Waals surface area contributed by atoms with E-state index in [1.807, 2.05) is 6.07 Å². The number of anilines is 2. The van der Waals surface area contributed by atoms with Crippen molar-refractivity contribution in [1.82, 2.24) is 9.88 Å². The number of hydrogen-bond acceptors (Lipinski definition) is 4. The van der Waals surface area contributed by atoms with Crippen molar-refractivity contribution in [2.24, 2.45) is 0 Å². The number of rotatable bonds is 6. The van der Waals surface area contributed by atoms with E-state index in [-0.39, 0.29) is 23.0 Å². The Labute approximate surface area is 184 Å². The van der Waals surface area contributed by atoms with E-state index in [0.29, 0.717) is 25.1 Å². The smallest absolute Gasteiger partial charge is 0.274 e. The van der Waals surface area contributed by atoms with Crippen LogP contribution in [0.2, 0.25) is 0 Å². The van der Waals surface area contributed by atoms with Crippen LogP contribution in [-0.2, 0) is 11.3 Å². The van der Waals surface area contributed by atoms with E-state index in [2.05, 4.69) is 15.6 Å². The summed E-state index contributed by atoms with van der Waals surface area (Å²) in [5, 5.41) is 5.31. The maximum absolute atomic E-state index is 13.9. The molecule has 0 spiro atoms. The summed E-state index contributed by atoms with van der Waals surface area (Å²) in [5.74, 6) is -1.39. The average molecular weight is 432 g/mol. The van der Waals surface area contributed by atoms with Gasteiger partial charge in [-0.2, -0.15) is 0 Å². The van der Waals surface area contributed by atoms with Crippen molar-refractivity contribution < 1.29 is 18.8 Å². The quantitative estimate of drug-likeness (QED) is 0.619. The third kappa shape index (κ3) is 4.97. The van der Waals surface area contributed by atoms with Gasteiger partial charge in [-0.3, -0.25) is 19.4 Å². The zero-order valence-electron chi connectivity index (χ0n) is 17.2. The highest BCUT2D eigenvalue weighted by molar-refractivity contribution is 6.09. The molecular formula is C24H21FN4O3. The molecule has 3 amide bonds. The van der Waals surface area contributed by atoms with Crippen LogP contribution in [0.15, 0.2) is 66.9 Å². The minimum atomic E-state index is -0.558. The summed E-state index contributed by atoms with van der Waals surface area (Å²) in [5.41, 5.74) is 1.75. The van der Waals surface area contributed by atoms with Crippen LogP contribution in [0.3, 0.4) is 0 Å². The molecule has 1 aliphatic heterocycles. The average Bonchev–Trinajstić information content (AvgIpc) is 3.20. The molecule has 32 heavy (non-hydrogen) atoms. The van der Waals surface area contributed by atoms with Crippen molar-refractivity contribution in [3.63, 3.8) is 0 Å². The number of likely N-dealkylation sites (tertiary alicyclic amines) is 1. The van der Waals surface area contributed by atoms with Gasteiger partial charge in [0.2, 0.25) is 5.91 Å². The Kier molecular flexibility index (Phi) is 6.21. The van der Waals surface area contributed by atoms with Gasteiger partial charge in [-0.25, -0.2) is 4.39 Å². The predicted octanol–water partition coefficient (Wildman–Crippen LogP) is 3.85. The zero-order chi connectivity index (χ0) is 22.5. The molecule has 1 aromatic heterocycles. The summed E-state index contributed by atoms with van der Waals surface area (Å²) < 4.78 is 13.9. The largest absolute Gasteiger partial charge is 0.338 e. The number of hydrogen-bond donors (Lipinski definition) is 2. The SMILES string of the molecule is O=C(Nc1cc(F)ccc1NC(=O)c1ccccn1)c1cccc(CN2CCCC2=O)c1. The third-order valence-electron chi connectivity index (χ3n) is 5.11. The molecule has 162 valence electrons. The third-order valence-corrected chi connectivity index (χ3v) is 5.11. The van der Waals surface area contributed by atoms with E-state index < -0.39 is 17.6 Å². The maximum atomic E-state index is 13.9. The van der Waals surface area contributed by atoms with E-state index in [0.717, 1.165) is 18.1 Å². The Bertz CT molecular complexity index is 1170. The summed E-state index contributed by atoms with van der Waals surface area (Å²) in [7, 11) is 0. The lowest BCUT2D eigenvalue weighted by atomic mass is 10.1. The molecule has 0 aliphatic carbocycles. The highest BCUT2D eigenvalue weighted by Crippen LogP contribution is 2.24. The number of carbonyl (C=O) groups is 3. The Balaban J connectivity index is 1.50. The molecule has 0 bridgehead atoms. The molecule has 0 saturated carbocycles. The van der Waals surface area contributed by atoms with Gasteiger partial charge in [-0.15, -0.1) is 0 Å². The molecule has 2 aromatic carbocycles. The van der Waals surface area contributed by atoms with Gasteiger partial charge in [0, 0.05) is 31.3 Å². The van der Waals surface area contributed by atoms with Crippen molar-refractivity contribution >= 4 is 29.1 Å². The molecule has 1 saturated heterocycles. The van der Waals surface area contributed by atoms with Crippen LogP contribution in [0.1, 0.15) is 39.3 Å². The second kappa shape index (κ2) is 9.38. The van der Waals surface area contributed by atoms with Crippen LogP contribution < -0.4 is 10.6 Å². The first-order valence-corrected chi connectivity index (χ1v) is 10.2. The molecule has 7 nitrogen and oxygen atoms in total. The van der Waals surface area contributed by atoms with Crippen molar-refractivity contribution in [2.45, 2.75) is 19.4 Å². The Morgan fingerprint density at radius 2 is 1.81 bits per heavy atom. The fraction of sp³-hybridized carbons (Fsp3) is 0.167. The van der Waals surface area contributed by atoms with Crippen molar-refractivity contribution in [1.29, 1.82) is 0 Å². The molecule has 0 unspecified atom stereocenters. The summed E-state index contributed by atoms with van der Waals surface area (Å²) in [6, 6.07) is 15.5. The summed E-state index contributed by atoms with van der Waals surface area (Å²) in [6.07, 6.45) is 2.88. The van der Waals surface area contributed by atoms with Crippen molar-refractivity contribution in [2.75, 3.05) is 17.2 Å². The first kappa shape index (κ1) is 21.2. The fourth-order valence-electron chi connectivity index (χ4n) is 3.51. The number of carbonyl (C=O) groups excluding carboxylic acids is 3. The van der Waals surface area contributed by atoms with E-state index in [1.165, 1.54) is 18.3 Å². The van der Waals surface area contributed by atoms with E-state index in [9.17, 15) is 18.8 Å². The van der Waals surface area contributed by atoms with Crippen molar-refractivity contribution in [3.05, 3.63) is 89.5 Å². The molecular weight excluding hydrogens is 411 g/mol. The van der Waals surface area contributed by atoms with Gasteiger partial charge < -0.3 is 15.5 Å². The van der Waals surface area contributed by atoms with E-state index >= 15 is 0 Å². The van der Waals surface area contributed by atoms with Gasteiger partial charge in [-0.05, 0) is 54.4 Å². The lowest BCUT2D eigenvalue weighted by Gasteiger charge is -2.16. The van der Waals surface area contributed by atoms with Gasteiger partial charge in [-0.1, -0.05) is 18.2 Å². The Morgan fingerprint density at radius 3 is 2.56 bits per heavy atom. The summed E-state index contributed by atoms with van der Waals surface area (Å²) in [6.45, 7) is 1.14. The minimum absolute atomic E-state index is 0.105. The number of pyridine rings is 1. The molecule has 0 atom stereocenters. The topological polar surface area (TPSA) is 91.4 Å². The lowest BCUT2D eigenvalue weighted by Crippen LogP contribution is -2.24. The second-order valence-corrected chi connectivity index (χ2v) is 7.43.